The molecular weight excluding hydrogens is 264 g/mol. The van der Waals surface area contributed by atoms with Crippen molar-refractivity contribution in [1.29, 1.82) is 0 Å². The highest BCUT2D eigenvalue weighted by Gasteiger charge is 2.20. The standard InChI is InChI=1S/C13H16N2O5/c1-3-4-10(13(17)18)14-12(16)9-5-6-11(15(19)20)8(2)7-9/h5-7,10H,3-4H2,1-2H3,(H,14,16)(H,17,18)/t10-/m0/s1. The second kappa shape index (κ2) is 6.65. The maximum absolute atomic E-state index is 11.9. The van der Waals surface area contributed by atoms with Crippen LogP contribution in [0.4, 0.5) is 5.69 Å². The molecule has 108 valence electrons. The molecule has 0 spiro atoms. The first-order chi connectivity index (χ1) is 9.36. The van der Waals surface area contributed by atoms with Crippen molar-refractivity contribution in [3.63, 3.8) is 0 Å². The molecule has 0 radical (unpaired) electrons. The predicted molar refractivity (Wildman–Crippen MR) is 71.6 cm³/mol. The average Bonchev–Trinajstić information content (AvgIpc) is 2.37. The molecule has 7 nitrogen and oxygen atoms in total. The van der Waals surface area contributed by atoms with Gasteiger partial charge in [-0.25, -0.2) is 4.79 Å². The molecule has 0 unspecified atom stereocenters. The molecule has 0 fully saturated rings. The van der Waals surface area contributed by atoms with Crippen LogP contribution < -0.4 is 5.32 Å². The third kappa shape index (κ3) is 3.78. The molecule has 1 amide bonds. The maximum Gasteiger partial charge on any atom is 0.326 e. The van der Waals surface area contributed by atoms with Crippen LogP contribution in [0.1, 0.15) is 35.7 Å². The number of carbonyl (C=O) groups excluding carboxylic acids is 1. The topological polar surface area (TPSA) is 110 Å². The van der Waals surface area contributed by atoms with Crippen LogP contribution in [0, 0.1) is 17.0 Å². The highest BCUT2D eigenvalue weighted by molar-refractivity contribution is 5.97. The number of hydrogen-bond acceptors (Lipinski definition) is 4. The van der Waals surface area contributed by atoms with Gasteiger partial charge >= 0.3 is 5.97 Å². The Morgan fingerprint density at radius 3 is 2.55 bits per heavy atom. The van der Waals surface area contributed by atoms with Gasteiger partial charge in [0.1, 0.15) is 6.04 Å². The zero-order valence-electron chi connectivity index (χ0n) is 11.3. The lowest BCUT2D eigenvalue weighted by Crippen LogP contribution is -2.40. The Labute approximate surface area is 115 Å². The number of aliphatic carboxylic acids is 1. The van der Waals surface area contributed by atoms with Crippen molar-refractivity contribution in [2.45, 2.75) is 32.7 Å². The van der Waals surface area contributed by atoms with Crippen LogP contribution in [0.5, 0.6) is 0 Å². The van der Waals surface area contributed by atoms with Crippen LogP contribution in [-0.4, -0.2) is 27.9 Å². The molecule has 2 N–H and O–H groups in total. The molecule has 1 atom stereocenters. The van der Waals surface area contributed by atoms with Crippen molar-refractivity contribution in [2.75, 3.05) is 0 Å². The lowest BCUT2D eigenvalue weighted by atomic mass is 10.1. The summed E-state index contributed by atoms with van der Waals surface area (Å²) in [5, 5.41) is 22.1. The van der Waals surface area contributed by atoms with Gasteiger partial charge in [0.2, 0.25) is 0 Å². The smallest absolute Gasteiger partial charge is 0.326 e. The highest BCUT2D eigenvalue weighted by Crippen LogP contribution is 2.18. The number of benzene rings is 1. The van der Waals surface area contributed by atoms with E-state index in [1.165, 1.54) is 25.1 Å². The van der Waals surface area contributed by atoms with Gasteiger partial charge in [-0.1, -0.05) is 13.3 Å². The number of carbonyl (C=O) groups is 2. The van der Waals surface area contributed by atoms with Gasteiger partial charge in [0.05, 0.1) is 4.92 Å². The number of amides is 1. The van der Waals surface area contributed by atoms with Gasteiger partial charge < -0.3 is 10.4 Å². The minimum atomic E-state index is -1.10. The Kier molecular flexibility index (Phi) is 5.19. The largest absolute Gasteiger partial charge is 0.480 e. The van der Waals surface area contributed by atoms with Crippen LogP contribution in [0.25, 0.3) is 0 Å². The van der Waals surface area contributed by atoms with E-state index in [9.17, 15) is 19.7 Å². The summed E-state index contributed by atoms with van der Waals surface area (Å²) in [4.78, 5) is 33.0. The van der Waals surface area contributed by atoms with Crippen LogP contribution >= 0.6 is 0 Å². The zero-order chi connectivity index (χ0) is 15.3. The molecule has 0 bridgehead atoms. The normalized spacial score (nSPS) is 11.7. The van der Waals surface area contributed by atoms with Crippen molar-refractivity contribution in [1.82, 2.24) is 5.32 Å². The molecule has 1 rings (SSSR count). The zero-order valence-corrected chi connectivity index (χ0v) is 11.3. The number of carboxylic acids is 1. The van der Waals surface area contributed by atoms with Crippen molar-refractivity contribution in [3.05, 3.63) is 39.4 Å². The van der Waals surface area contributed by atoms with Gasteiger partial charge in [0, 0.05) is 17.2 Å². The first-order valence-corrected chi connectivity index (χ1v) is 6.15. The number of nitro benzene ring substituents is 1. The highest BCUT2D eigenvalue weighted by atomic mass is 16.6. The van der Waals surface area contributed by atoms with Gasteiger partial charge in [-0.2, -0.15) is 0 Å². The monoisotopic (exact) mass is 280 g/mol. The lowest BCUT2D eigenvalue weighted by molar-refractivity contribution is -0.385. The number of aryl methyl sites for hydroxylation is 1. The fourth-order valence-electron chi connectivity index (χ4n) is 1.79. The summed E-state index contributed by atoms with van der Waals surface area (Å²) < 4.78 is 0. The summed E-state index contributed by atoms with van der Waals surface area (Å²) in [6.07, 6.45) is 0.948. The molecule has 0 aliphatic heterocycles. The first kappa shape index (κ1) is 15.6. The van der Waals surface area contributed by atoms with Crippen molar-refractivity contribution in [2.24, 2.45) is 0 Å². The Hall–Kier alpha value is -2.44. The number of nitro groups is 1. The van der Waals surface area contributed by atoms with E-state index in [1.54, 1.807) is 0 Å². The number of hydrogen-bond donors (Lipinski definition) is 2. The van der Waals surface area contributed by atoms with E-state index < -0.39 is 22.8 Å². The average molecular weight is 280 g/mol. The third-order valence-electron chi connectivity index (χ3n) is 2.84. The molecule has 0 saturated heterocycles. The summed E-state index contributed by atoms with van der Waals surface area (Å²) in [6.45, 7) is 3.34. The lowest BCUT2D eigenvalue weighted by Gasteiger charge is -2.13. The second-order valence-electron chi connectivity index (χ2n) is 4.41. The van der Waals surface area contributed by atoms with Gasteiger partial charge in [-0.3, -0.25) is 14.9 Å². The summed E-state index contributed by atoms with van der Waals surface area (Å²) in [5.74, 6) is -1.65. The van der Waals surface area contributed by atoms with Gasteiger partial charge in [-0.15, -0.1) is 0 Å². The van der Waals surface area contributed by atoms with Crippen molar-refractivity contribution >= 4 is 17.6 Å². The van der Waals surface area contributed by atoms with Crippen LogP contribution in [0.3, 0.4) is 0 Å². The summed E-state index contributed by atoms with van der Waals surface area (Å²) in [5.41, 5.74) is 0.477. The molecule has 0 heterocycles. The fraction of sp³-hybridized carbons (Fsp3) is 0.385. The van der Waals surface area contributed by atoms with Gasteiger partial charge in [0.25, 0.3) is 11.6 Å². The maximum atomic E-state index is 11.9. The number of nitrogens with one attached hydrogen (secondary N) is 1. The second-order valence-corrected chi connectivity index (χ2v) is 4.41. The third-order valence-corrected chi connectivity index (χ3v) is 2.84. The quantitative estimate of drug-likeness (QED) is 0.610. The van der Waals surface area contributed by atoms with Crippen LogP contribution in [0.2, 0.25) is 0 Å². The fourth-order valence-corrected chi connectivity index (χ4v) is 1.79. The van der Waals surface area contributed by atoms with Crippen LogP contribution in [0.15, 0.2) is 18.2 Å². The first-order valence-electron chi connectivity index (χ1n) is 6.15. The van der Waals surface area contributed by atoms with Gasteiger partial charge in [-0.05, 0) is 25.5 Å². The molecule has 0 aromatic heterocycles. The van der Waals surface area contributed by atoms with E-state index in [0.29, 0.717) is 18.4 Å². The summed E-state index contributed by atoms with van der Waals surface area (Å²) in [6, 6.07) is 2.96. The van der Waals surface area contributed by atoms with Crippen LogP contribution in [-0.2, 0) is 4.79 Å². The summed E-state index contributed by atoms with van der Waals surface area (Å²) >= 11 is 0. The van der Waals surface area contributed by atoms with Crippen molar-refractivity contribution < 1.29 is 19.6 Å². The van der Waals surface area contributed by atoms with E-state index in [4.69, 9.17) is 5.11 Å². The Balaban J connectivity index is 2.90. The Bertz CT molecular complexity index is 542. The molecule has 0 saturated carbocycles. The predicted octanol–water partition coefficient (Wildman–Crippen LogP) is 1.89. The van der Waals surface area contributed by atoms with Crippen molar-refractivity contribution in [3.8, 4) is 0 Å². The Morgan fingerprint density at radius 1 is 1.45 bits per heavy atom. The Morgan fingerprint density at radius 2 is 2.10 bits per heavy atom. The summed E-state index contributed by atoms with van der Waals surface area (Å²) in [7, 11) is 0. The molecule has 1 aromatic rings. The van der Waals surface area contributed by atoms with E-state index in [2.05, 4.69) is 5.32 Å². The number of carboxylic acid groups (broad SMARTS) is 1. The van der Waals surface area contributed by atoms with Gasteiger partial charge in [0.15, 0.2) is 0 Å². The number of rotatable bonds is 6. The molecule has 20 heavy (non-hydrogen) atoms. The molecular formula is C13H16N2O5. The van der Waals surface area contributed by atoms with E-state index >= 15 is 0 Å². The molecule has 0 aliphatic carbocycles. The number of nitrogens with zero attached hydrogens (tertiary/aromatic N) is 1. The van der Waals surface area contributed by atoms with E-state index in [0.717, 1.165) is 0 Å². The minimum Gasteiger partial charge on any atom is -0.480 e. The molecule has 1 aromatic carbocycles. The minimum absolute atomic E-state index is 0.0788. The SMILES string of the molecule is CCC[C@H](NC(=O)c1ccc([N+](=O)[O-])c(C)c1)C(=O)O. The van der Waals surface area contributed by atoms with E-state index in [-0.39, 0.29) is 11.3 Å². The van der Waals surface area contributed by atoms with E-state index in [1.807, 2.05) is 6.92 Å². The molecule has 7 heteroatoms. The molecule has 0 aliphatic rings.